The van der Waals surface area contributed by atoms with Crippen LogP contribution >= 0.6 is 0 Å². The van der Waals surface area contributed by atoms with Crippen LogP contribution in [0.25, 0.3) is 0 Å². The quantitative estimate of drug-likeness (QED) is 0.236. The summed E-state index contributed by atoms with van der Waals surface area (Å²) in [4.78, 5) is 56.3. The molecule has 0 heterocycles. The summed E-state index contributed by atoms with van der Waals surface area (Å²) in [5.41, 5.74) is 5.34. The lowest BCUT2D eigenvalue weighted by Crippen LogP contribution is -2.52. The summed E-state index contributed by atoms with van der Waals surface area (Å²) in [5.74, 6) is -4.58. The molecule has 0 aliphatic rings. The zero-order valence-corrected chi connectivity index (χ0v) is 14.1. The lowest BCUT2D eigenvalue weighted by Gasteiger charge is -2.20. The minimum Gasteiger partial charge on any atom is -0.481 e. The molecule has 11 heteroatoms. The number of amides is 3. The van der Waals surface area contributed by atoms with E-state index in [1.54, 1.807) is 0 Å². The first-order valence-electron chi connectivity index (χ1n) is 7.56. The lowest BCUT2D eigenvalue weighted by atomic mass is 10.0. The molecule has 0 aromatic carbocycles. The highest BCUT2D eigenvalue weighted by atomic mass is 16.4. The third-order valence-corrected chi connectivity index (χ3v) is 2.93. The van der Waals surface area contributed by atoms with Gasteiger partial charge < -0.3 is 31.9 Å². The van der Waals surface area contributed by atoms with Gasteiger partial charge in [-0.3, -0.25) is 24.0 Å². The van der Waals surface area contributed by atoms with Gasteiger partial charge in [-0.2, -0.15) is 0 Å². The Hall–Kier alpha value is -2.69. The van der Waals surface area contributed by atoms with E-state index in [4.69, 9.17) is 15.9 Å². The summed E-state index contributed by atoms with van der Waals surface area (Å²) in [6.45, 7) is 2.56. The standard InChI is InChI=1S/C14H24N4O7/c1-7(2)3-9(14(25)17-6-12(22)23)18-10(19)5-16-13(24)8(15)4-11(20)21/h7-9H,3-6,15H2,1-2H3,(H,16,24)(H,17,25)(H,18,19)(H,20,21)(H,22,23). The molecule has 7 N–H and O–H groups in total. The zero-order chi connectivity index (χ0) is 19.6. The van der Waals surface area contributed by atoms with Crippen molar-refractivity contribution in [2.75, 3.05) is 13.1 Å². The summed E-state index contributed by atoms with van der Waals surface area (Å²) in [5, 5.41) is 23.8. The highest BCUT2D eigenvalue weighted by Crippen LogP contribution is 2.05. The van der Waals surface area contributed by atoms with Crippen LogP contribution in [0.2, 0.25) is 0 Å². The van der Waals surface area contributed by atoms with Gasteiger partial charge in [0.2, 0.25) is 17.7 Å². The van der Waals surface area contributed by atoms with E-state index in [0.717, 1.165) is 0 Å². The van der Waals surface area contributed by atoms with Gasteiger partial charge >= 0.3 is 11.9 Å². The first-order chi connectivity index (χ1) is 11.5. The molecule has 0 bridgehead atoms. The Bertz CT molecular complexity index is 521. The van der Waals surface area contributed by atoms with Gasteiger partial charge in [-0.15, -0.1) is 0 Å². The summed E-state index contributed by atoms with van der Waals surface area (Å²) in [6, 6.07) is -2.26. The fourth-order valence-electron chi connectivity index (χ4n) is 1.81. The number of rotatable bonds is 11. The molecule has 0 saturated heterocycles. The van der Waals surface area contributed by atoms with E-state index in [-0.39, 0.29) is 12.3 Å². The Morgan fingerprint density at radius 2 is 1.48 bits per heavy atom. The van der Waals surface area contributed by atoms with Gasteiger partial charge in [-0.05, 0) is 12.3 Å². The monoisotopic (exact) mass is 360 g/mol. The van der Waals surface area contributed by atoms with Crippen LogP contribution in [0.4, 0.5) is 0 Å². The van der Waals surface area contributed by atoms with Crippen molar-refractivity contribution in [1.29, 1.82) is 0 Å². The molecule has 0 fully saturated rings. The smallest absolute Gasteiger partial charge is 0.322 e. The number of carboxylic acid groups (broad SMARTS) is 2. The zero-order valence-electron chi connectivity index (χ0n) is 14.1. The van der Waals surface area contributed by atoms with Gasteiger partial charge in [0, 0.05) is 0 Å². The summed E-state index contributed by atoms with van der Waals surface area (Å²) < 4.78 is 0. The fourth-order valence-corrected chi connectivity index (χ4v) is 1.81. The second-order valence-electron chi connectivity index (χ2n) is 5.78. The van der Waals surface area contributed by atoms with Crippen molar-refractivity contribution in [2.24, 2.45) is 11.7 Å². The first-order valence-corrected chi connectivity index (χ1v) is 7.56. The van der Waals surface area contributed by atoms with Crippen LogP contribution in [0.3, 0.4) is 0 Å². The summed E-state index contributed by atoms with van der Waals surface area (Å²) >= 11 is 0. The Morgan fingerprint density at radius 1 is 0.920 bits per heavy atom. The Morgan fingerprint density at radius 3 is 1.96 bits per heavy atom. The fraction of sp³-hybridized carbons (Fsp3) is 0.643. The van der Waals surface area contributed by atoms with Crippen molar-refractivity contribution < 1.29 is 34.2 Å². The number of carbonyl (C=O) groups excluding carboxylic acids is 3. The summed E-state index contributed by atoms with van der Waals surface area (Å²) in [6.07, 6.45) is -0.315. The third kappa shape index (κ3) is 10.7. The summed E-state index contributed by atoms with van der Waals surface area (Å²) in [7, 11) is 0. The highest BCUT2D eigenvalue weighted by Gasteiger charge is 2.23. The molecular weight excluding hydrogens is 336 g/mol. The third-order valence-electron chi connectivity index (χ3n) is 2.93. The van der Waals surface area contributed by atoms with Gasteiger partial charge in [-0.1, -0.05) is 13.8 Å². The van der Waals surface area contributed by atoms with E-state index in [1.807, 2.05) is 13.8 Å². The molecule has 0 rings (SSSR count). The minimum absolute atomic E-state index is 0.0412. The molecule has 0 saturated carbocycles. The topological polar surface area (TPSA) is 188 Å². The average Bonchev–Trinajstić information content (AvgIpc) is 2.48. The van der Waals surface area contributed by atoms with Crippen LogP contribution in [-0.4, -0.2) is 65.0 Å². The molecule has 0 spiro atoms. The van der Waals surface area contributed by atoms with Crippen molar-refractivity contribution >= 4 is 29.7 Å². The maximum atomic E-state index is 11.9. The van der Waals surface area contributed by atoms with Crippen LogP contribution in [-0.2, 0) is 24.0 Å². The van der Waals surface area contributed by atoms with Crippen molar-refractivity contribution in [3.8, 4) is 0 Å². The molecule has 0 aromatic rings. The number of carbonyl (C=O) groups is 5. The molecule has 2 unspecified atom stereocenters. The molecule has 0 aliphatic carbocycles. The molecule has 3 amide bonds. The SMILES string of the molecule is CC(C)CC(NC(=O)CNC(=O)C(N)CC(=O)O)C(=O)NCC(=O)O. The molecule has 0 radical (unpaired) electrons. The molecule has 25 heavy (non-hydrogen) atoms. The van der Waals surface area contributed by atoms with Crippen LogP contribution in [0.5, 0.6) is 0 Å². The van der Waals surface area contributed by atoms with E-state index >= 15 is 0 Å². The van der Waals surface area contributed by atoms with Crippen molar-refractivity contribution in [3.05, 3.63) is 0 Å². The molecule has 0 aliphatic heterocycles. The van der Waals surface area contributed by atoms with Crippen LogP contribution in [0.1, 0.15) is 26.7 Å². The van der Waals surface area contributed by atoms with Crippen LogP contribution in [0, 0.1) is 5.92 Å². The Balaban J connectivity index is 4.55. The van der Waals surface area contributed by atoms with Crippen LogP contribution in [0.15, 0.2) is 0 Å². The van der Waals surface area contributed by atoms with Gasteiger partial charge in [0.15, 0.2) is 0 Å². The molecule has 142 valence electrons. The van der Waals surface area contributed by atoms with E-state index in [2.05, 4.69) is 16.0 Å². The molecule has 0 aromatic heterocycles. The number of aliphatic carboxylic acids is 2. The number of hydrogen-bond acceptors (Lipinski definition) is 6. The normalized spacial score (nSPS) is 12.8. The number of nitrogens with one attached hydrogen (secondary N) is 3. The Kier molecular flexibility index (Phi) is 9.79. The molecule has 11 nitrogen and oxygen atoms in total. The van der Waals surface area contributed by atoms with Gasteiger partial charge in [0.25, 0.3) is 0 Å². The maximum absolute atomic E-state index is 11.9. The van der Waals surface area contributed by atoms with Gasteiger partial charge in [-0.25, -0.2) is 0 Å². The average molecular weight is 360 g/mol. The highest BCUT2D eigenvalue weighted by molar-refractivity contribution is 5.92. The van der Waals surface area contributed by atoms with Crippen LogP contribution < -0.4 is 21.7 Å². The number of nitrogens with two attached hydrogens (primary N) is 1. The molecular formula is C14H24N4O7. The lowest BCUT2D eigenvalue weighted by molar-refractivity contribution is -0.139. The van der Waals surface area contributed by atoms with E-state index in [0.29, 0.717) is 0 Å². The van der Waals surface area contributed by atoms with E-state index in [9.17, 15) is 24.0 Å². The van der Waals surface area contributed by atoms with Gasteiger partial charge in [0.1, 0.15) is 12.6 Å². The van der Waals surface area contributed by atoms with Crippen molar-refractivity contribution in [1.82, 2.24) is 16.0 Å². The van der Waals surface area contributed by atoms with Crippen molar-refractivity contribution in [3.63, 3.8) is 0 Å². The number of hydrogen-bond donors (Lipinski definition) is 6. The predicted octanol–water partition coefficient (Wildman–Crippen LogP) is -2.36. The van der Waals surface area contributed by atoms with Gasteiger partial charge in [0.05, 0.1) is 19.0 Å². The van der Waals surface area contributed by atoms with E-state index < -0.39 is 61.3 Å². The number of carboxylic acids is 2. The second-order valence-corrected chi connectivity index (χ2v) is 5.78. The van der Waals surface area contributed by atoms with E-state index in [1.165, 1.54) is 0 Å². The largest absolute Gasteiger partial charge is 0.481 e. The Labute approximate surface area is 144 Å². The second kappa shape index (κ2) is 11.0. The predicted molar refractivity (Wildman–Crippen MR) is 85.3 cm³/mol. The minimum atomic E-state index is -1.30. The maximum Gasteiger partial charge on any atom is 0.322 e. The first kappa shape index (κ1) is 22.3. The molecule has 2 atom stereocenters. The van der Waals surface area contributed by atoms with Crippen molar-refractivity contribution in [2.45, 2.75) is 38.8 Å².